The van der Waals surface area contributed by atoms with Crippen LogP contribution in [0.15, 0.2) is 35.5 Å². The summed E-state index contributed by atoms with van der Waals surface area (Å²) in [6, 6.07) is 8.41. The fourth-order valence-corrected chi connectivity index (χ4v) is 2.74. The van der Waals surface area contributed by atoms with Crippen LogP contribution in [0, 0.1) is 20.8 Å². The summed E-state index contributed by atoms with van der Waals surface area (Å²) in [7, 11) is 1.69. The monoisotopic (exact) mass is 340 g/mol. The molecule has 0 atom stereocenters. The molecule has 1 aromatic carbocycles. The average molecular weight is 340 g/mol. The van der Waals surface area contributed by atoms with Crippen molar-refractivity contribution in [2.45, 2.75) is 40.8 Å². The molecule has 0 amide bonds. The Bertz CT molecular complexity index is 740. The number of rotatable bonds is 6. The van der Waals surface area contributed by atoms with E-state index >= 15 is 0 Å². The Morgan fingerprint density at radius 1 is 1.20 bits per heavy atom. The van der Waals surface area contributed by atoms with Crippen LogP contribution in [0.3, 0.4) is 0 Å². The predicted octanol–water partition coefficient (Wildman–Crippen LogP) is 3.27. The first kappa shape index (κ1) is 18.8. The predicted molar refractivity (Wildman–Crippen MR) is 103 cm³/mol. The molecule has 0 saturated carbocycles. The number of nitrogens with zero attached hydrogens (tertiary/aromatic N) is 2. The van der Waals surface area contributed by atoms with Gasteiger partial charge in [-0.3, -0.25) is 4.98 Å². The highest BCUT2D eigenvalue weighted by Crippen LogP contribution is 2.23. The summed E-state index contributed by atoms with van der Waals surface area (Å²) in [6.45, 7) is 10.2. The molecule has 0 saturated heterocycles. The second-order valence-corrected chi connectivity index (χ2v) is 6.08. The quantitative estimate of drug-likeness (QED) is 0.626. The Balaban J connectivity index is 2.08. The van der Waals surface area contributed by atoms with E-state index in [0.717, 1.165) is 35.1 Å². The van der Waals surface area contributed by atoms with Crippen molar-refractivity contribution in [3.8, 4) is 5.75 Å². The van der Waals surface area contributed by atoms with Gasteiger partial charge >= 0.3 is 0 Å². The van der Waals surface area contributed by atoms with Crippen LogP contribution in [0.1, 0.15) is 34.9 Å². The third-order valence-corrected chi connectivity index (χ3v) is 4.02. The summed E-state index contributed by atoms with van der Waals surface area (Å²) >= 11 is 0. The molecule has 0 radical (unpaired) electrons. The van der Waals surface area contributed by atoms with Gasteiger partial charge in [-0.1, -0.05) is 29.8 Å². The molecule has 0 aliphatic heterocycles. The van der Waals surface area contributed by atoms with Crippen LogP contribution >= 0.6 is 0 Å². The van der Waals surface area contributed by atoms with Gasteiger partial charge in [-0.15, -0.1) is 0 Å². The van der Waals surface area contributed by atoms with Gasteiger partial charge in [-0.05, 0) is 33.3 Å². The Kier molecular flexibility index (Phi) is 6.81. The molecule has 2 N–H and O–H groups in total. The highest BCUT2D eigenvalue weighted by molar-refractivity contribution is 5.79. The number of methoxy groups -OCH3 is 1. The Labute approximate surface area is 150 Å². The average Bonchev–Trinajstić information content (AvgIpc) is 2.59. The van der Waals surface area contributed by atoms with Crippen LogP contribution in [0.4, 0.5) is 0 Å². The van der Waals surface area contributed by atoms with Gasteiger partial charge in [0, 0.05) is 23.9 Å². The van der Waals surface area contributed by atoms with E-state index in [-0.39, 0.29) is 0 Å². The summed E-state index contributed by atoms with van der Waals surface area (Å²) in [6.07, 6.45) is 1.85. The first-order chi connectivity index (χ1) is 12.0. The van der Waals surface area contributed by atoms with Crippen LogP contribution < -0.4 is 15.4 Å². The molecule has 1 aromatic heterocycles. The minimum absolute atomic E-state index is 0.599. The highest BCUT2D eigenvalue weighted by atomic mass is 16.5. The SMILES string of the molecule is CCNC(=NCc1cccc(C)c1)NCc1ncc(C)c(OC)c1C. The molecule has 0 unspecified atom stereocenters. The molecule has 2 aromatic rings. The molecule has 5 nitrogen and oxygen atoms in total. The number of hydrogen-bond acceptors (Lipinski definition) is 3. The van der Waals surface area contributed by atoms with Crippen LogP contribution in [-0.2, 0) is 13.1 Å². The largest absolute Gasteiger partial charge is 0.496 e. The van der Waals surface area contributed by atoms with E-state index in [4.69, 9.17) is 4.74 Å². The number of benzene rings is 1. The molecule has 0 spiro atoms. The maximum atomic E-state index is 5.47. The zero-order valence-electron chi connectivity index (χ0n) is 15.8. The number of guanidine groups is 1. The van der Waals surface area contributed by atoms with E-state index in [9.17, 15) is 0 Å². The lowest BCUT2D eigenvalue weighted by molar-refractivity contribution is 0.406. The Hall–Kier alpha value is -2.56. The highest BCUT2D eigenvalue weighted by Gasteiger charge is 2.09. The van der Waals surface area contributed by atoms with Gasteiger partial charge in [0.05, 0.1) is 25.9 Å². The standard InChI is InChI=1S/C20H28N4O/c1-6-21-20(23-12-17-9-7-8-14(2)10-17)24-13-18-16(4)19(25-5)15(3)11-22-18/h7-11H,6,12-13H2,1-5H3,(H2,21,23,24). The third kappa shape index (κ3) is 5.21. The van der Waals surface area contributed by atoms with Crippen molar-refractivity contribution in [3.63, 3.8) is 0 Å². The Morgan fingerprint density at radius 3 is 2.68 bits per heavy atom. The first-order valence-corrected chi connectivity index (χ1v) is 8.62. The second-order valence-electron chi connectivity index (χ2n) is 6.08. The van der Waals surface area contributed by atoms with Gasteiger partial charge in [0.25, 0.3) is 0 Å². The fraction of sp³-hybridized carbons (Fsp3) is 0.400. The molecular formula is C20H28N4O. The molecular weight excluding hydrogens is 312 g/mol. The van der Waals surface area contributed by atoms with Gasteiger partial charge in [-0.25, -0.2) is 4.99 Å². The van der Waals surface area contributed by atoms with E-state index in [1.165, 1.54) is 11.1 Å². The van der Waals surface area contributed by atoms with Crippen molar-refractivity contribution in [2.75, 3.05) is 13.7 Å². The van der Waals surface area contributed by atoms with Crippen LogP contribution in [0.25, 0.3) is 0 Å². The van der Waals surface area contributed by atoms with Gasteiger partial charge in [0.2, 0.25) is 0 Å². The van der Waals surface area contributed by atoms with E-state index in [1.54, 1.807) is 7.11 Å². The van der Waals surface area contributed by atoms with E-state index in [1.807, 2.05) is 20.0 Å². The van der Waals surface area contributed by atoms with Gasteiger partial charge in [-0.2, -0.15) is 0 Å². The van der Waals surface area contributed by atoms with Crippen molar-refractivity contribution in [1.82, 2.24) is 15.6 Å². The van der Waals surface area contributed by atoms with Crippen molar-refractivity contribution < 1.29 is 4.74 Å². The lowest BCUT2D eigenvalue weighted by Gasteiger charge is -2.15. The normalized spacial score (nSPS) is 11.3. The van der Waals surface area contributed by atoms with Crippen LogP contribution in [0.5, 0.6) is 5.75 Å². The number of hydrogen-bond donors (Lipinski definition) is 2. The summed E-state index contributed by atoms with van der Waals surface area (Å²) < 4.78 is 5.47. The van der Waals surface area contributed by atoms with Crippen molar-refractivity contribution in [3.05, 3.63) is 58.4 Å². The lowest BCUT2D eigenvalue weighted by Crippen LogP contribution is -2.37. The minimum Gasteiger partial charge on any atom is -0.496 e. The maximum Gasteiger partial charge on any atom is 0.191 e. The molecule has 0 bridgehead atoms. The first-order valence-electron chi connectivity index (χ1n) is 8.62. The molecule has 25 heavy (non-hydrogen) atoms. The van der Waals surface area contributed by atoms with Gasteiger partial charge in [0.15, 0.2) is 5.96 Å². The minimum atomic E-state index is 0.599. The zero-order valence-corrected chi connectivity index (χ0v) is 15.8. The van der Waals surface area contributed by atoms with E-state index < -0.39 is 0 Å². The number of aliphatic imine (C=N–C) groups is 1. The number of nitrogens with one attached hydrogen (secondary N) is 2. The summed E-state index contributed by atoms with van der Waals surface area (Å²) in [4.78, 5) is 9.19. The molecule has 134 valence electrons. The molecule has 0 aliphatic rings. The number of aromatic nitrogens is 1. The van der Waals surface area contributed by atoms with Crippen molar-refractivity contribution in [2.24, 2.45) is 4.99 Å². The summed E-state index contributed by atoms with van der Waals surface area (Å²) in [5.74, 6) is 1.68. The zero-order chi connectivity index (χ0) is 18.2. The number of ether oxygens (including phenoxy) is 1. The third-order valence-electron chi connectivity index (χ3n) is 4.02. The van der Waals surface area contributed by atoms with Crippen LogP contribution in [0.2, 0.25) is 0 Å². The second kappa shape index (κ2) is 9.06. The van der Waals surface area contributed by atoms with Gasteiger partial charge in [0.1, 0.15) is 5.75 Å². The van der Waals surface area contributed by atoms with E-state index in [2.05, 4.69) is 58.7 Å². The lowest BCUT2D eigenvalue weighted by atomic mass is 10.1. The fourth-order valence-electron chi connectivity index (χ4n) is 2.74. The topological polar surface area (TPSA) is 58.5 Å². The molecule has 0 aliphatic carbocycles. The number of pyridine rings is 1. The van der Waals surface area contributed by atoms with Crippen molar-refractivity contribution >= 4 is 5.96 Å². The summed E-state index contributed by atoms with van der Waals surface area (Å²) in [5.41, 5.74) is 5.51. The number of aryl methyl sites for hydroxylation is 2. The molecule has 1 heterocycles. The molecule has 5 heteroatoms. The van der Waals surface area contributed by atoms with Crippen LogP contribution in [-0.4, -0.2) is 24.6 Å². The molecule has 0 fully saturated rings. The maximum absolute atomic E-state index is 5.47. The smallest absolute Gasteiger partial charge is 0.191 e. The molecule has 2 rings (SSSR count). The van der Waals surface area contributed by atoms with E-state index in [0.29, 0.717) is 13.1 Å². The van der Waals surface area contributed by atoms with Gasteiger partial charge < -0.3 is 15.4 Å². The summed E-state index contributed by atoms with van der Waals surface area (Å²) in [5, 5.41) is 6.63. The Morgan fingerprint density at radius 2 is 2.00 bits per heavy atom. The van der Waals surface area contributed by atoms with Crippen molar-refractivity contribution in [1.29, 1.82) is 0 Å².